The molecule has 1 aromatic carbocycles. The van der Waals surface area contributed by atoms with Gasteiger partial charge in [-0.3, -0.25) is 0 Å². The summed E-state index contributed by atoms with van der Waals surface area (Å²) >= 11 is 0. The van der Waals surface area contributed by atoms with E-state index in [0.717, 1.165) is 0 Å². The predicted octanol–water partition coefficient (Wildman–Crippen LogP) is 2.92. The van der Waals surface area contributed by atoms with E-state index in [-0.39, 0.29) is 0 Å². The summed E-state index contributed by atoms with van der Waals surface area (Å²) < 4.78 is 1.97. The van der Waals surface area contributed by atoms with Crippen molar-refractivity contribution in [2.24, 2.45) is 0 Å². The Balaban J connectivity index is 2.15. The molecule has 0 unspecified atom stereocenters. The summed E-state index contributed by atoms with van der Waals surface area (Å²) in [5.41, 5.74) is 1.20. The van der Waals surface area contributed by atoms with Crippen LogP contribution in [0, 0.1) is 6.07 Å². The first-order chi connectivity index (χ1) is 6.45. The molecule has 0 aliphatic carbocycles. The molecule has 2 aromatic rings. The van der Waals surface area contributed by atoms with Crippen molar-refractivity contribution in [3.8, 4) is 0 Å². The summed E-state index contributed by atoms with van der Waals surface area (Å²) in [4.78, 5) is 0. The van der Waals surface area contributed by atoms with Crippen molar-refractivity contribution in [3.63, 3.8) is 0 Å². The molecule has 1 aromatic heterocycles. The second-order valence-corrected chi connectivity index (χ2v) is 2.79. The molecule has 1 radical (unpaired) electrons. The molecule has 0 spiro atoms. The van der Waals surface area contributed by atoms with E-state index in [9.17, 15) is 0 Å². The highest BCUT2D eigenvalue weighted by molar-refractivity contribution is 5.60. The zero-order valence-corrected chi connectivity index (χ0v) is 7.22. The average molecular weight is 168 g/mol. The Morgan fingerprint density at radius 2 is 2.00 bits per heavy atom. The quantitative estimate of drug-likeness (QED) is 0.649. The highest BCUT2D eigenvalue weighted by Crippen LogP contribution is 2.02. The van der Waals surface area contributed by atoms with Gasteiger partial charge in [-0.15, -0.1) is 0 Å². The minimum atomic E-state index is 1.20. The zero-order valence-electron chi connectivity index (χ0n) is 7.22. The van der Waals surface area contributed by atoms with Crippen LogP contribution in [-0.2, 0) is 0 Å². The number of rotatable bonds is 2. The summed E-state index contributed by atoms with van der Waals surface area (Å²) in [6.07, 6.45) is 7.92. The van der Waals surface area contributed by atoms with Gasteiger partial charge in [-0.05, 0) is 17.7 Å². The smallest absolute Gasteiger partial charge is 0.0162 e. The van der Waals surface area contributed by atoms with E-state index in [4.69, 9.17) is 0 Å². The average Bonchev–Trinajstić information content (AvgIpc) is 2.69. The van der Waals surface area contributed by atoms with Gasteiger partial charge in [0.25, 0.3) is 0 Å². The molecular weight excluding hydrogens is 158 g/mol. The normalized spacial score (nSPS) is 10.8. The van der Waals surface area contributed by atoms with Gasteiger partial charge in [0.2, 0.25) is 0 Å². The summed E-state index contributed by atoms with van der Waals surface area (Å²) in [5, 5.41) is 0. The van der Waals surface area contributed by atoms with Crippen molar-refractivity contribution in [3.05, 3.63) is 60.4 Å². The van der Waals surface area contributed by atoms with Crippen LogP contribution in [0.5, 0.6) is 0 Å². The van der Waals surface area contributed by atoms with Crippen LogP contribution in [0.3, 0.4) is 0 Å². The van der Waals surface area contributed by atoms with E-state index < -0.39 is 0 Å². The first kappa shape index (κ1) is 7.87. The Hall–Kier alpha value is -1.76. The van der Waals surface area contributed by atoms with Crippen LogP contribution in [0.15, 0.2) is 48.8 Å². The fourth-order valence-electron chi connectivity index (χ4n) is 1.13. The Morgan fingerprint density at radius 3 is 2.69 bits per heavy atom. The van der Waals surface area contributed by atoms with Gasteiger partial charge in [0, 0.05) is 24.7 Å². The van der Waals surface area contributed by atoms with Crippen LogP contribution in [0.2, 0.25) is 0 Å². The molecule has 2 rings (SSSR count). The number of benzene rings is 1. The lowest BCUT2D eigenvalue weighted by molar-refractivity contribution is 1.18. The first-order valence-corrected chi connectivity index (χ1v) is 4.22. The van der Waals surface area contributed by atoms with Crippen molar-refractivity contribution < 1.29 is 0 Å². The monoisotopic (exact) mass is 168 g/mol. The molecular formula is C12H10N. The molecule has 13 heavy (non-hydrogen) atoms. The highest BCUT2D eigenvalue weighted by Gasteiger charge is 1.83. The van der Waals surface area contributed by atoms with Crippen molar-refractivity contribution in [1.29, 1.82) is 0 Å². The van der Waals surface area contributed by atoms with Gasteiger partial charge < -0.3 is 4.57 Å². The third kappa shape index (κ3) is 2.09. The molecule has 0 saturated heterocycles. The minimum Gasteiger partial charge on any atom is -0.330 e. The third-order valence-corrected chi connectivity index (χ3v) is 1.81. The molecule has 0 aliphatic heterocycles. The third-order valence-electron chi connectivity index (χ3n) is 1.81. The maximum Gasteiger partial charge on any atom is 0.0162 e. The van der Waals surface area contributed by atoms with Crippen LogP contribution >= 0.6 is 0 Å². The topological polar surface area (TPSA) is 4.93 Å². The second-order valence-electron chi connectivity index (χ2n) is 2.79. The molecule has 0 amide bonds. The largest absolute Gasteiger partial charge is 0.330 e. The van der Waals surface area contributed by atoms with E-state index >= 15 is 0 Å². The standard InChI is InChI=1S/C12H10N/c1-2-6-12(7-3-1)8-11-13-9-4-5-10-13/h1-4,6-11H/b11-8-. The number of hydrogen-bond acceptors (Lipinski definition) is 0. The lowest BCUT2D eigenvalue weighted by Crippen LogP contribution is -1.77. The fraction of sp³-hybridized carbons (Fsp3) is 0. The van der Waals surface area contributed by atoms with E-state index in [2.05, 4.69) is 24.3 Å². The van der Waals surface area contributed by atoms with Crippen LogP contribution < -0.4 is 0 Å². The van der Waals surface area contributed by atoms with Gasteiger partial charge in [0.15, 0.2) is 0 Å². The van der Waals surface area contributed by atoms with Gasteiger partial charge in [-0.25, -0.2) is 0 Å². The van der Waals surface area contributed by atoms with Gasteiger partial charge in [0.05, 0.1) is 0 Å². The first-order valence-electron chi connectivity index (χ1n) is 4.22. The van der Waals surface area contributed by atoms with Crippen molar-refractivity contribution in [1.82, 2.24) is 4.57 Å². The Bertz CT molecular complexity index is 371. The maximum absolute atomic E-state index is 2.98. The molecule has 0 saturated carbocycles. The SMILES string of the molecule is [c]1ccn(/C=C\c2ccccc2)c1. The molecule has 0 fully saturated rings. The van der Waals surface area contributed by atoms with Gasteiger partial charge in [-0.1, -0.05) is 30.3 Å². The molecule has 0 aliphatic rings. The molecule has 0 atom stereocenters. The predicted molar refractivity (Wildman–Crippen MR) is 54.9 cm³/mol. The molecule has 0 bridgehead atoms. The summed E-state index contributed by atoms with van der Waals surface area (Å²) in [6.45, 7) is 0. The van der Waals surface area contributed by atoms with E-state index in [0.29, 0.717) is 0 Å². The Morgan fingerprint density at radius 1 is 1.15 bits per heavy atom. The lowest BCUT2D eigenvalue weighted by atomic mass is 10.2. The summed E-state index contributed by atoms with van der Waals surface area (Å²) in [6, 6.07) is 15.1. The zero-order chi connectivity index (χ0) is 8.93. The van der Waals surface area contributed by atoms with Crippen LogP contribution in [0.25, 0.3) is 12.3 Å². The van der Waals surface area contributed by atoms with Crippen LogP contribution in [0.4, 0.5) is 0 Å². The number of nitrogens with zero attached hydrogens (tertiary/aromatic N) is 1. The number of aromatic nitrogens is 1. The van der Waals surface area contributed by atoms with Crippen molar-refractivity contribution in [2.75, 3.05) is 0 Å². The van der Waals surface area contributed by atoms with Crippen molar-refractivity contribution >= 4 is 12.3 Å². The van der Waals surface area contributed by atoms with Crippen LogP contribution in [0.1, 0.15) is 5.56 Å². The molecule has 0 N–H and O–H groups in total. The summed E-state index contributed by atoms with van der Waals surface area (Å²) in [5.74, 6) is 0. The minimum absolute atomic E-state index is 1.20. The molecule has 1 heterocycles. The molecule has 63 valence electrons. The summed E-state index contributed by atoms with van der Waals surface area (Å²) in [7, 11) is 0. The Labute approximate surface area is 77.9 Å². The lowest BCUT2D eigenvalue weighted by Gasteiger charge is -1.92. The van der Waals surface area contributed by atoms with Crippen molar-refractivity contribution in [2.45, 2.75) is 0 Å². The van der Waals surface area contributed by atoms with E-state index in [1.807, 2.05) is 47.4 Å². The molecule has 1 heteroatoms. The van der Waals surface area contributed by atoms with E-state index in [1.165, 1.54) is 5.56 Å². The molecule has 1 nitrogen and oxygen atoms in total. The van der Waals surface area contributed by atoms with Gasteiger partial charge in [0.1, 0.15) is 0 Å². The van der Waals surface area contributed by atoms with E-state index in [1.54, 1.807) is 0 Å². The second kappa shape index (κ2) is 3.76. The van der Waals surface area contributed by atoms with Crippen LogP contribution in [-0.4, -0.2) is 4.57 Å². The van der Waals surface area contributed by atoms with Gasteiger partial charge >= 0.3 is 0 Å². The maximum atomic E-state index is 2.98. The highest BCUT2D eigenvalue weighted by atomic mass is 14.9. The number of hydrogen-bond donors (Lipinski definition) is 0. The van der Waals surface area contributed by atoms with Gasteiger partial charge in [-0.2, -0.15) is 0 Å². The fourth-order valence-corrected chi connectivity index (χ4v) is 1.13. The Kier molecular flexibility index (Phi) is 2.28.